The molecule has 20 heavy (non-hydrogen) atoms. The Morgan fingerprint density at radius 3 is 2.80 bits per heavy atom. The minimum atomic E-state index is 0.189. The van der Waals surface area contributed by atoms with Crippen molar-refractivity contribution >= 4 is 11.6 Å². The maximum atomic E-state index is 6.20. The van der Waals surface area contributed by atoms with Crippen LogP contribution in [0.1, 0.15) is 24.1 Å². The molecule has 104 valence electrons. The molecule has 4 heteroatoms. The maximum Gasteiger partial charge on any atom is 0.231 e. The largest absolute Gasteiger partial charge is 0.454 e. The van der Waals surface area contributed by atoms with Crippen molar-refractivity contribution in [3.8, 4) is 11.5 Å². The Balaban J connectivity index is 1.66. The van der Waals surface area contributed by atoms with Gasteiger partial charge in [-0.2, -0.15) is 0 Å². The molecule has 0 amide bonds. The number of fused-ring (bicyclic) bond motifs is 1. The first kappa shape index (κ1) is 13.3. The molecule has 0 radical (unpaired) electrons. The summed E-state index contributed by atoms with van der Waals surface area (Å²) < 4.78 is 10.7. The number of rotatable bonds is 4. The molecule has 0 fully saturated rings. The van der Waals surface area contributed by atoms with Crippen LogP contribution in [0.25, 0.3) is 0 Å². The third-order valence-corrected chi connectivity index (χ3v) is 3.77. The van der Waals surface area contributed by atoms with E-state index in [9.17, 15) is 0 Å². The molecule has 0 aliphatic carbocycles. The molecule has 0 aromatic heterocycles. The lowest BCUT2D eigenvalue weighted by molar-refractivity contribution is 0.174. The Labute approximate surface area is 123 Å². The minimum absolute atomic E-state index is 0.189. The number of benzene rings is 2. The molecule has 0 saturated heterocycles. The van der Waals surface area contributed by atoms with E-state index in [1.165, 1.54) is 0 Å². The summed E-state index contributed by atoms with van der Waals surface area (Å²) in [6.45, 7) is 3.17. The summed E-state index contributed by atoms with van der Waals surface area (Å²) in [7, 11) is 0. The second kappa shape index (κ2) is 5.73. The van der Waals surface area contributed by atoms with Crippen molar-refractivity contribution < 1.29 is 9.47 Å². The average molecular weight is 290 g/mol. The predicted molar refractivity (Wildman–Crippen MR) is 79.3 cm³/mol. The fourth-order valence-corrected chi connectivity index (χ4v) is 2.56. The van der Waals surface area contributed by atoms with Crippen LogP contribution in [0.2, 0.25) is 5.02 Å². The van der Waals surface area contributed by atoms with Gasteiger partial charge in [-0.1, -0.05) is 35.9 Å². The van der Waals surface area contributed by atoms with E-state index in [2.05, 4.69) is 12.2 Å². The summed E-state index contributed by atoms with van der Waals surface area (Å²) in [5.41, 5.74) is 2.27. The topological polar surface area (TPSA) is 30.5 Å². The first-order valence-electron chi connectivity index (χ1n) is 6.60. The number of hydrogen-bond acceptors (Lipinski definition) is 3. The fraction of sp³-hybridized carbons (Fsp3) is 0.250. The number of ether oxygens (including phenoxy) is 2. The van der Waals surface area contributed by atoms with Crippen molar-refractivity contribution in [2.24, 2.45) is 0 Å². The van der Waals surface area contributed by atoms with Crippen LogP contribution in [-0.2, 0) is 6.54 Å². The van der Waals surface area contributed by atoms with Crippen LogP contribution in [0.4, 0.5) is 0 Å². The molecular formula is C16H16ClNO2. The van der Waals surface area contributed by atoms with E-state index in [1.807, 2.05) is 42.5 Å². The van der Waals surface area contributed by atoms with E-state index in [0.29, 0.717) is 6.79 Å². The highest BCUT2D eigenvalue weighted by Crippen LogP contribution is 2.32. The Bertz CT molecular complexity index is 615. The van der Waals surface area contributed by atoms with Gasteiger partial charge in [0.15, 0.2) is 11.5 Å². The lowest BCUT2D eigenvalue weighted by atomic mass is 10.1. The van der Waals surface area contributed by atoms with Crippen LogP contribution in [0, 0.1) is 0 Å². The summed E-state index contributed by atoms with van der Waals surface area (Å²) in [6.07, 6.45) is 0. The quantitative estimate of drug-likeness (QED) is 0.925. The van der Waals surface area contributed by atoms with Crippen LogP contribution in [-0.4, -0.2) is 6.79 Å². The number of halogens is 1. The molecule has 2 aromatic carbocycles. The standard InChI is InChI=1S/C16H16ClNO2/c1-11(13-4-2-3-5-14(13)17)18-9-12-6-7-15-16(8-12)20-10-19-15/h2-8,11,18H,9-10H2,1H3. The molecule has 3 nitrogen and oxygen atoms in total. The van der Waals surface area contributed by atoms with Gasteiger partial charge in [-0.05, 0) is 36.2 Å². The predicted octanol–water partition coefficient (Wildman–Crippen LogP) is 3.92. The minimum Gasteiger partial charge on any atom is -0.454 e. The van der Waals surface area contributed by atoms with Crippen LogP contribution < -0.4 is 14.8 Å². The highest BCUT2D eigenvalue weighted by molar-refractivity contribution is 6.31. The molecule has 1 atom stereocenters. The van der Waals surface area contributed by atoms with E-state index < -0.39 is 0 Å². The van der Waals surface area contributed by atoms with Crippen LogP contribution in [0.3, 0.4) is 0 Å². The third kappa shape index (κ3) is 2.74. The zero-order chi connectivity index (χ0) is 13.9. The Morgan fingerprint density at radius 1 is 1.15 bits per heavy atom. The van der Waals surface area contributed by atoms with Crippen LogP contribution in [0.5, 0.6) is 11.5 Å². The van der Waals surface area contributed by atoms with Crippen molar-refractivity contribution in [3.05, 3.63) is 58.6 Å². The maximum absolute atomic E-state index is 6.20. The highest BCUT2D eigenvalue weighted by Gasteiger charge is 2.14. The van der Waals surface area contributed by atoms with Gasteiger partial charge < -0.3 is 14.8 Å². The summed E-state index contributed by atoms with van der Waals surface area (Å²) in [5, 5.41) is 4.26. The van der Waals surface area contributed by atoms with Gasteiger partial charge in [-0.15, -0.1) is 0 Å². The second-order valence-corrected chi connectivity index (χ2v) is 5.22. The number of hydrogen-bond donors (Lipinski definition) is 1. The normalized spacial score (nSPS) is 14.3. The highest BCUT2D eigenvalue weighted by atomic mass is 35.5. The monoisotopic (exact) mass is 289 g/mol. The van der Waals surface area contributed by atoms with Crippen molar-refractivity contribution in [2.45, 2.75) is 19.5 Å². The second-order valence-electron chi connectivity index (χ2n) is 4.81. The fourth-order valence-electron chi connectivity index (χ4n) is 2.26. The summed E-state index contributed by atoms with van der Waals surface area (Å²) in [5.74, 6) is 1.63. The van der Waals surface area contributed by atoms with E-state index in [0.717, 1.165) is 34.2 Å². The lowest BCUT2D eigenvalue weighted by Gasteiger charge is -2.15. The molecule has 3 rings (SSSR count). The van der Waals surface area contributed by atoms with Gasteiger partial charge in [-0.3, -0.25) is 0 Å². The Kier molecular flexibility index (Phi) is 3.81. The van der Waals surface area contributed by atoms with Crippen molar-refractivity contribution in [1.29, 1.82) is 0 Å². The molecule has 0 saturated carbocycles. The van der Waals surface area contributed by atoms with Gasteiger partial charge in [-0.25, -0.2) is 0 Å². The Hall–Kier alpha value is -1.71. The van der Waals surface area contributed by atoms with Gasteiger partial charge in [0.1, 0.15) is 0 Å². The number of nitrogens with one attached hydrogen (secondary N) is 1. The van der Waals surface area contributed by atoms with Crippen molar-refractivity contribution in [1.82, 2.24) is 5.32 Å². The zero-order valence-corrected chi connectivity index (χ0v) is 12.0. The van der Waals surface area contributed by atoms with Crippen molar-refractivity contribution in [3.63, 3.8) is 0 Å². The van der Waals surface area contributed by atoms with Gasteiger partial charge in [0.2, 0.25) is 6.79 Å². The molecule has 1 unspecified atom stereocenters. The van der Waals surface area contributed by atoms with Gasteiger partial charge in [0.05, 0.1) is 0 Å². The van der Waals surface area contributed by atoms with Gasteiger partial charge >= 0.3 is 0 Å². The molecule has 1 heterocycles. The van der Waals surface area contributed by atoms with Crippen molar-refractivity contribution in [2.75, 3.05) is 6.79 Å². The van der Waals surface area contributed by atoms with E-state index in [1.54, 1.807) is 0 Å². The van der Waals surface area contributed by atoms with Gasteiger partial charge in [0, 0.05) is 17.6 Å². The molecule has 1 aliphatic rings. The third-order valence-electron chi connectivity index (χ3n) is 3.42. The first-order chi connectivity index (χ1) is 9.74. The molecule has 0 bridgehead atoms. The summed E-state index contributed by atoms with van der Waals surface area (Å²) in [4.78, 5) is 0. The molecule has 1 N–H and O–H groups in total. The lowest BCUT2D eigenvalue weighted by Crippen LogP contribution is -2.18. The molecule has 2 aromatic rings. The molecular weight excluding hydrogens is 274 g/mol. The van der Waals surface area contributed by atoms with E-state index >= 15 is 0 Å². The Morgan fingerprint density at radius 2 is 1.95 bits per heavy atom. The SMILES string of the molecule is CC(NCc1ccc2c(c1)OCO2)c1ccccc1Cl. The zero-order valence-electron chi connectivity index (χ0n) is 11.2. The summed E-state index contributed by atoms with van der Waals surface area (Å²) >= 11 is 6.20. The smallest absolute Gasteiger partial charge is 0.231 e. The molecule has 0 spiro atoms. The van der Waals surface area contributed by atoms with Gasteiger partial charge in [0.25, 0.3) is 0 Å². The van der Waals surface area contributed by atoms with E-state index in [4.69, 9.17) is 21.1 Å². The molecule has 1 aliphatic heterocycles. The van der Waals surface area contributed by atoms with Crippen LogP contribution >= 0.6 is 11.6 Å². The average Bonchev–Trinajstić information content (AvgIpc) is 2.92. The first-order valence-corrected chi connectivity index (χ1v) is 6.98. The van der Waals surface area contributed by atoms with Crippen LogP contribution in [0.15, 0.2) is 42.5 Å². The summed E-state index contributed by atoms with van der Waals surface area (Å²) in [6, 6.07) is 14.1. The van der Waals surface area contributed by atoms with E-state index in [-0.39, 0.29) is 6.04 Å².